The van der Waals surface area contributed by atoms with Crippen molar-refractivity contribution in [1.29, 1.82) is 0 Å². The van der Waals surface area contributed by atoms with E-state index in [1.165, 1.54) is 6.07 Å². The molecule has 0 spiro atoms. The number of nitrogens with zero attached hydrogens (tertiary/aromatic N) is 4. The number of H-pyrrole nitrogens is 1. The van der Waals surface area contributed by atoms with Crippen LogP contribution in [-0.4, -0.2) is 59.1 Å². The van der Waals surface area contributed by atoms with E-state index in [-0.39, 0.29) is 17.0 Å². The minimum atomic E-state index is -4.96. The van der Waals surface area contributed by atoms with Gasteiger partial charge in [0.15, 0.2) is 0 Å². The van der Waals surface area contributed by atoms with Crippen LogP contribution in [0.3, 0.4) is 0 Å². The number of hydrogen-bond donors (Lipinski definition) is 3. The summed E-state index contributed by atoms with van der Waals surface area (Å²) in [7, 11) is -4.80. The van der Waals surface area contributed by atoms with E-state index in [2.05, 4.69) is 25.5 Å². The fourth-order valence-electron chi connectivity index (χ4n) is 5.69. The van der Waals surface area contributed by atoms with E-state index >= 15 is 0 Å². The van der Waals surface area contributed by atoms with Gasteiger partial charge in [-0.2, -0.15) is 18.4 Å². The molecular formula is C24H28F3N7O2S. The third kappa shape index (κ3) is 5.26. The minimum Gasteiger partial charge on any atom is -0.328 e. The van der Waals surface area contributed by atoms with Gasteiger partial charge >= 0.3 is 6.18 Å². The molecule has 37 heavy (non-hydrogen) atoms. The van der Waals surface area contributed by atoms with Gasteiger partial charge in [-0.05, 0) is 79.1 Å². The lowest BCUT2D eigenvalue weighted by atomic mass is 9.87. The number of rotatable bonds is 5. The molecule has 2 atom stereocenters. The van der Waals surface area contributed by atoms with E-state index in [9.17, 15) is 21.6 Å². The third-order valence-corrected chi connectivity index (χ3v) is 8.49. The van der Waals surface area contributed by atoms with Crippen molar-refractivity contribution < 1.29 is 21.6 Å². The highest BCUT2D eigenvalue weighted by molar-refractivity contribution is 7.89. The monoisotopic (exact) mass is 535 g/mol. The molecule has 9 nitrogen and oxygen atoms in total. The second-order valence-corrected chi connectivity index (χ2v) is 11.3. The number of aromatic nitrogens is 4. The van der Waals surface area contributed by atoms with Gasteiger partial charge in [-0.25, -0.2) is 13.6 Å². The van der Waals surface area contributed by atoms with Crippen molar-refractivity contribution in [3.05, 3.63) is 47.5 Å². The number of benzene rings is 2. The molecule has 0 radical (unpaired) electrons. The normalized spacial score (nSPS) is 22.0. The molecule has 5 N–H and O–H groups in total. The van der Waals surface area contributed by atoms with Gasteiger partial charge in [0.05, 0.1) is 11.1 Å². The number of likely N-dealkylation sites (tertiary alicyclic amines) is 1. The number of tetrazole rings is 1. The van der Waals surface area contributed by atoms with Crippen molar-refractivity contribution in [2.75, 3.05) is 13.1 Å². The Balaban J connectivity index is 1.46. The number of aromatic amines is 1. The number of hydrogen-bond acceptors (Lipinski definition) is 7. The molecule has 1 saturated carbocycles. The van der Waals surface area contributed by atoms with Gasteiger partial charge in [0, 0.05) is 12.1 Å². The molecule has 1 aromatic heterocycles. The van der Waals surface area contributed by atoms with Gasteiger partial charge in [0.25, 0.3) is 0 Å². The van der Waals surface area contributed by atoms with Gasteiger partial charge in [-0.15, -0.1) is 10.2 Å². The van der Waals surface area contributed by atoms with Crippen LogP contribution in [0, 0.1) is 0 Å². The number of nitrogens with one attached hydrogen (secondary N) is 1. The molecule has 3 aromatic rings. The summed E-state index contributed by atoms with van der Waals surface area (Å²) in [5, 5.41) is 18.3. The molecule has 2 aliphatic rings. The molecule has 5 rings (SSSR count). The number of piperidine rings is 1. The summed E-state index contributed by atoms with van der Waals surface area (Å²) in [6, 6.07) is 10.2. The standard InChI is InChI=1S/C24H28F3N7O2S/c25-24(26,27)20-8-7-19(21(22(20)37(29,35)36)23-30-32-33-31-23)16-3-1-14(2-4-16)15-9-11-34(12-10-15)18-6-5-17(28)13-18/h1-4,7-8,15,17-18H,5-6,9-13,28H2,(H2,29,35,36)(H,30,31,32,33). The average molecular weight is 536 g/mol. The Bertz CT molecular complexity index is 1350. The van der Waals surface area contributed by atoms with E-state index < -0.39 is 26.7 Å². The van der Waals surface area contributed by atoms with Crippen LogP contribution < -0.4 is 10.9 Å². The summed E-state index contributed by atoms with van der Waals surface area (Å²) in [6.07, 6.45) is 0.340. The van der Waals surface area contributed by atoms with Crippen LogP contribution >= 0.6 is 0 Å². The van der Waals surface area contributed by atoms with Gasteiger partial charge in [-0.1, -0.05) is 30.3 Å². The Morgan fingerprint density at radius 3 is 2.24 bits per heavy atom. The molecule has 0 bridgehead atoms. The van der Waals surface area contributed by atoms with E-state index in [0.717, 1.165) is 56.8 Å². The molecule has 2 unspecified atom stereocenters. The molecule has 1 aliphatic carbocycles. The van der Waals surface area contributed by atoms with Gasteiger partial charge in [-0.3, -0.25) is 0 Å². The topological polar surface area (TPSA) is 144 Å². The maximum Gasteiger partial charge on any atom is 0.417 e. The number of sulfonamides is 1. The Morgan fingerprint density at radius 1 is 1.00 bits per heavy atom. The first kappa shape index (κ1) is 25.8. The second-order valence-electron chi connectivity index (χ2n) is 9.80. The lowest BCUT2D eigenvalue weighted by Crippen LogP contribution is -2.40. The third-order valence-electron chi connectivity index (χ3n) is 7.50. The lowest BCUT2D eigenvalue weighted by Gasteiger charge is -2.36. The zero-order valence-electron chi connectivity index (χ0n) is 19.9. The molecule has 2 heterocycles. The van der Waals surface area contributed by atoms with Crippen molar-refractivity contribution in [1.82, 2.24) is 25.5 Å². The smallest absolute Gasteiger partial charge is 0.328 e. The van der Waals surface area contributed by atoms with Crippen molar-refractivity contribution in [2.45, 2.75) is 61.2 Å². The summed E-state index contributed by atoms with van der Waals surface area (Å²) < 4.78 is 66.0. The Hall–Kier alpha value is -2.87. The first-order valence-electron chi connectivity index (χ1n) is 12.1. The van der Waals surface area contributed by atoms with Crippen molar-refractivity contribution in [3.63, 3.8) is 0 Å². The summed E-state index contributed by atoms with van der Waals surface area (Å²) in [5.74, 6) is 0.0674. The maximum atomic E-state index is 13.7. The fourth-order valence-corrected chi connectivity index (χ4v) is 6.66. The number of primary sulfonamides is 1. The quantitative estimate of drug-likeness (QED) is 0.455. The minimum absolute atomic E-state index is 0.206. The van der Waals surface area contributed by atoms with Crippen molar-refractivity contribution >= 4 is 10.0 Å². The summed E-state index contributed by atoms with van der Waals surface area (Å²) >= 11 is 0. The predicted molar refractivity (Wildman–Crippen MR) is 131 cm³/mol. The Morgan fingerprint density at radius 2 is 1.70 bits per heavy atom. The number of halogens is 3. The highest BCUT2D eigenvalue weighted by Gasteiger charge is 2.40. The van der Waals surface area contributed by atoms with Crippen molar-refractivity contribution in [3.8, 4) is 22.5 Å². The van der Waals surface area contributed by atoms with Crippen LogP contribution in [0.4, 0.5) is 13.2 Å². The van der Waals surface area contributed by atoms with Crippen LogP contribution in [0.5, 0.6) is 0 Å². The Labute approximate surface area is 212 Å². The zero-order valence-corrected chi connectivity index (χ0v) is 20.8. The summed E-state index contributed by atoms with van der Waals surface area (Å²) in [6.45, 7) is 2.00. The largest absolute Gasteiger partial charge is 0.417 e. The molecular weight excluding hydrogens is 507 g/mol. The fraction of sp³-hybridized carbons (Fsp3) is 0.458. The first-order chi connectivity index (χ1) is 17.5. The molecule has 0 amide bonds. The van der Waals surface area contributed by atoms with Crippen LogP contribution in [-0.2, 0) is 16.2 Å². The first-order valence-corrected chi connectivity index (χ1v) is 13.7. The Kier molecular flexibility index (Phi) is 6.81. The van der Waals surface area contributed by atoms with E-state index in [1.807, 2.05) is 12.1 Å². The second kappa shape index (κ2) is 9.78. The summed E-state index contributed by atoms with van der Waals surface area (Å²) in [4.78, 5) is 1.45. The van der Waals surface area contributed by atoms with E-state index in [1.54, 1.807) is 12.1 Å². The maximum absolute atomic E-state index is 13.7. The average Bonchev–Trinajstić information content (AvgIpc) is 3.54. The van der Waals surface area contributed by atoms with Crippen LogP contribution in [0.2, 0.25) is 0 Å². The molecule has 13 heteroatoms. The SMILES string of the molecule is NC1CCC(N2CCC(c3ccc(-c4ccc(C(F)(F)F)c(S(N)(=O)=O)c4-c4nn[nH]n4)cc3)CC2)C1. The predicted octanol–water partition coefficient (Wildman–Crippen LogP) is 3.26. The van der Waals surface area contributed by atoms with Crippen LogP contribution in [0.1, 0.15) is 49.1 Å². The van der Waals surface area contributed by atoms with Gasteiger partial charge in [0.1, 0.15) is 4.90 Å². The van der Waals surface area contributed by atoms with E-state index in [4.69, 9.17) is 10.9 Å². The van der Waals surface area contributed by atoms with Crippen molar-refractivity contribution in [2.24, 2.45) is 10.9 Å². The molecule has 1 saturated heterocycles. The van der Waals surface area contributed by atoms with Crippen LogP contribution in [0.15, 0.2) is 41.3 Å². The highest BCUT2D eigenvalue weighted by Crippen LogP contribution is 2.43. The van der Waals surface area contributed by atoms with Gasteiger partial charge in [0.2, 0.25) is 15.8 Å². The molecule has 2 fully saturated rings. The number of nitrogens with two attached hydrogens (primary N) is 2. The lowest BCUT2D eigenvalue weighted by molar-refractivity contribution is -0.139. The summed E-state index contributed by atoms with van der Waals surface area (Å²) in [5.41, 5.74) is 6.20. The molecule has 198 valence electrons. The zero-order chi connectivity index (χ0) is 26.4. The molecule has 2 aromatic carbocycles. The molecule has 1 aliphatic heterocycles. The highest BCUT2D eigenvalue weighted by atomic mass is 32.2. The van der Waals surface area contributed by atoms with Crippen LogP contribution in [0.25, 0.3) is 22.5 Å². The number of alkyl halides is 3. The van der Waals surface area contributed by atoms with Gasteiger partial charge < -0.3 is 10.6 Å². The van der Waals surface area contributed by atoms with E-state index in [0.29, 0.717) is 23.6 Å².